The molecular weight excluding hydrogens is 284 g/mol. The summed E-state index contributed by atoms with van der Waals surface area (Å²) in [7, 11) is 1.83. The number of benzene rings is 1. The zero-order valence-electron chi connectivity index (χ0n) is 13.0. The van der Waals surface area contributed by atoms with Crippen LogP contribution < -0.4 is 4.74 Å². The van der Waals surface area contributed by atoms with E-state index in [9.17, 15) is 14.9 Å². The predicted octanol–water partition coefficient (Wildman–Crippen LogP) is 3.15. The van der Waals surface area contributed by atoms with E-state index < -0.39 is 11.0 Å². The molecule has 1 unspecified atom stereocenters. The van der Waals surface area contributed by atoms with Gasteiger partial charge in [-0.1, -0.05) is 19.3 Å². The Bertz CT molecular complexity index is 523. The lowest BCUT2D eigenvalue weighted by Crippen LogP contribution is -2.44. The first-order valence-electron chi connectivity index (χ1n) is 7.67. The molecular formula is C16H22N2O4. The van der Waals surface area contributed by atoms with Crippen LogP contribution in [-0.4, -0.2) is 34.9 Å². The normalized spacial score (nSPS) is 16.8. The van der Waals surface area contributed by atoms with Crippen LogP contribution in [0.2, 0.25) is 0 Å². The summed E-state index contributed by atoms with van der Waals surface area (Å²) in [5, 5.41) is 10.6. The predicted molar refractivity (Wildman–Crippen MR) is 82.8 cm³/mol. The molecule has 1 aromatic carbocycles. The lowest BCUT2D eigenvalue weighted by molar-refractivity contribution is -0.384. The van der Waals surface area contributed by atoms with Gasteiger partial charge in [-0.2, -0.15) is 0 Å². The molecule has 0 spiro atoms. The topological polar surface area (TPSA) is 72.7 Å². The average Bonchev–Trinajstić information content (AvgIpc) is 2.54. The highest BCUT2D eigenvalue weighted by Gasteiger charge is 2.26. The second kappa shape index (κ2) is 7.24. The van der Waals surface area contributed by atoms with Gasteiger partial charge in [0.1, 0.15) is 5.75 Å². The van der Waals surface area contributed by atoms with Crippen molar-refractivity contribution in [2.75, 3.05) is 7.05 Å². The summed E-state index contributed by atoms with van der Waals surface area (Å²) in [5.74, 6) is 0.411. The number of hydrogen-bond donors (Lipinski definition) is 0. The van der Waals surface area contributed by atoms with Gasteiger partial charge in [-0.3, -0.25) is 14.9 Å². The number of carbonyl (C=O) groups excluding carboxylic acids is 1. The molecule has 0 saturated heterocycles. The van der Waals surface area contributed by atoms with E-state index in [-0.39, 0.29) is 11.6 Å². The highest BCUT2D eigenvalue weighted by Crippen LogP contribution is 2.23. The van der Waals surface area contributed by atoms with Gasteiger partial charge < -0.3 is 9.64 Å². The quantitative estimate of drug-likeness (QED) is 0.619. The molecule has 1 fully saturated rings. The molecule has 0 radical (unpaired) electrons. The molecule has 0 aliphatic heterocycles. The zero-order valence-corrected chi connectivity index (χ0v) is 13.0. The van der Waals surface area contributed by atoms with Gasteiger partial charge in [-0.25, -0.2) is 0 Å². The summed E-state index contributed by atoms with van der Waals surface area (Å²) in [6.07, 6.45) is 5.07. The number of non-ortho nitro benzene ring substituents is 1. The SMILES string of the molecule is CC(Oc1ccc([N+](=O)[O-])cc1)C(=O)N(C)C1CCCCC1. The van der Waals surface area contributed by atoms with Crippen LogP contribution in [0.25, 0.3) is 0 Å². The fraction of sp³-hybridized carbons (Fsp3) is 0.562. The fourth-order valence-corrected chi connectivity index (χ4v) is 2.84. The molecule has 1 aliphatic rings. The number of hydrogen-bond acceptors (Lipinski definition) is 4. The van der Waals surface area contributed by atoms with E-state index in [1.807, 2.05) is 7.05 Å². The van der Waals surface area contributed by atoms with Crippen molar-refractivity contribution in [3.05, 3.63) is 34.4 Å². The Balaban J connectivity index is 1.93. The monoisotopic (exact) mass is 306 g/mol. The lowest BCUT2D eigenvalue weighted by Gasteiger charge is -2.32. The molecule has 22 heavy (non-hydrogen) atoms. The number of ether oxygens (including phenoxy) is 1. The molecule has 1 saturated carbocycles. The molecule has 1 atom stereocenters. The smallest absolute Gasteiger partial charge is 0.269 e. The summed E-state index contributed by atoms with van der Waals surface area (Å²) in [6, 6.07) is 6.07. The Hall–Kier alpha value is -2.11. The number of nitrogens with zero attached hydrogens (tertiary/aromatic N) is 2. The first kappa shape index (κ1) is 16.3. The van der Waals surface area contributed by atoms with Crippen LogP contribution >= 0.6 is 0 Å². The van der Waals surface area contributed by atoms with Gasteiger partial charge in [0.25, 0.3) is 11.6 Å². The molecule has 1 aromatic rings. The van der Waals surface area contributed by atoms with Crippen molar-refractivity contribution in [1.29, 1.82) is 0 Å². The number of nitro groups is 1. The van der Waals surface area contributed by atoms with E-state index in [0.717, 1.165) is 12.8 Å². The fourth-order valence-electron chi connectivity index (χ4n) is 2.84. The van der Waals surface area contributed by atoms with Crippen molar-refractivity contribution in [2.45, 2.75) is 51.2 Å². The van der Waals surface area contributed by atoms with E-state index in [1.165, 1.54) is 43.5 Å². The summed E-state index contributed by atoms with van der Waals surface area (Å²) in [4.78, 5) is 24.3. The van der Waals surface area contributed by atoms with Crippen LogP contribution in [0.1, 0.15) is 39.0 Å². The minimum absolute atomic E-state index is 0.00523. The number of amides is 1. The Morgan fingerprint density at radius 3 is 2.41 bits per heavy atom. The largest absolute Gasteiger partial charge is 0.481 e. The number of likely N-dealkylation sites (N-methyl/N-ethyl adjacent to an activating group) is 1. The third kappa shape index (κ3) is 3.96. The van der Waals surface area contributed by atoms with E-state index in [1.54, 1.807) is 11.8 Å². The maximum absolute atomic E-state index is 12.4. The highest BCUT2D eigenvalue weighted by atomic mass is 16.6. The van der Waals surface area contributed by atoms with Crippen molar-refractivity contribution in [3.63, 3.8) is 0 Å². The van der Waals surface area contributed by atoms with Crippen LogP contribution in [-0.2, 0) is 4.79 Å². The van der Waals surface area contributed by atoms with Crippen LogP contribution in [0.4, 0.5) is 5.69 Å². The maximum Gasteiger partial charge on any atom is 0.269 e. The molecule has 0 heterocycles. The van der Waals surface area contributed by atoms with Gasteiger partial charge in [0.15, 0.2) is 6.10 Å². The van der Waals surface area contributed by atoms with Crippen LogP contribution in [0.15, 0.2) is 24.3 Å². The maximum atomic E-state index is 12.4. The minimum Gasteiger partial charge on any atom is -0.481 e. The summed E-state index contributed by atoms with van der Waals surface area (Å²) < 4.78 is 5.61. The van der Waals surface area contributed by atoms with Gasteiger partial charge in [0.05, 0.1) is 4.92 Å². The standard InChI is InChI=1S/C16H22N2O4/c1-12(16(19)17(2)13-6-4-3-5-7-13)22-15-10-8-14(9-11-15)18(20)21/h8-13H,3-7H2,1-2H3. The summed E-state index contributed by atoms with van der Waals surface area (Å²) in [6.45, 7) is 1.71. The van der Waals surface area contributed by atoms with E-state index in [0.29, 0.717) is 11.8 Å². The Morgan fingerprint density at radius 1 is 1.27 bits per heavy atom. The Kier molecular flexibility index (Phi) is 5.35. The van der Waals surface area contributed by atoms with Gasteiger partial charge in [0.2, 0.25) is 0 Å². The third-order valence-corrected chi connectivity index (χ3v) is 4.18. The first-order valence-corrected chi connectivity index (χ1v) is 7.67. The second-order valence-electron chi connectivity index (χ2n) is 5.75. The lowest BCUT2D eigenvalue weighted by atomic mass is 9.94. The number of carbonyl (C=O) groups is 1. The molecule has 6 nitrogen and oxygen atoms in total. The molecule has 0 N–H and O–H groups in total. The van der Waals surface area contributed by atoms with E-state index in [2.05, 4.69) is 0 Å². The zero-order chi connectivity index (χ0) is 16.1. The van der Waals surface area contributed by atoms with Gasteiger partial charge in [-0.15, -0.1) is 0 Å². The van der Waals surface area contributed by atoms with Crippen LogP contribution in [0, 0.1) is 10.1 Å². The molecule has 0 aromatic heterocycles. The third-order valence-electron chi connectivity index (χ3n) is 4.18. The van der Waals surface area contributed by atoms with Crippen molar-refractivity contribution in [1.82, 2.24) is 4.90 Å². The second-order valence-corrected chi connectivity index (χ2v) is 5.75. The van der Waals surface area contributed by atoms with Crippen molar-refractivity contribution < 1.29 is 14.5 Å². The Morgan fingerprint density at radius 2 is 1.86 bits per heavy atom. The number of nitro benzene ring substituents is 1. The van der Waals surface area contributed by atoms with E-state index >= 15 is 0 Å². The summed E-state index contributed by atoms with van der Waals surface area (Å²) >= 11 is 0. The minimum atomic E-state index is -0.603. The first-order chi connectivity index (χ1) is 10.5. The molecule has 2 rings (SSSR count). The highest BCUT2D eigenvalue weighted by molar-refractivity contribution is 5.81. The Labute approximate surface area is 130 Å². The van der Waals surface area contributed by atoms with Gasteiger partial charge in [0, 0.05) is 25.2 Å². The van der Waals surface area contributed by atoms with Gasteiger partial charge >= 0.3 is 0 Å². The van der Waals surface area contributed by atoms with Crippen LogP contribution in [0.3, 0.4) is 0 Å². The van der Waals surface area contributed by atoms with Crippen molar-refractivity contribution in [3.8, 4) is 5.75 Å². The molecule has 120 valence electrons. The van der Waals surface area contributed by atoms with E-state index in [4.69, 9.17) is 4.74 Å². The molecule has 0 bridgehead atoms. The molecule has 1 amide bonds. The van der Waals surface area contributed by atoms with Crippen LogP contribution in [0.5, 0.6) is 5.75 Å². The average molecular weight is 306 g/mol. The van der Waals surface area contributed by atoms with Gasteiger partial charge in [-0.05, 0) is 31.9 Å². The van der Waals surface area contributed by atoms with Crippen molar-refractivity contribution >= 4 is 11.6 Å². The molecule has 1 aliphatic carbocycles. The molecule has 6 heteroatoms. The number of rotatable bonds is 5. The summed E-state index contributed by atoms with van der Waals surface area (Å²) in [5.41, 5.74) is 0.00523. The van der Waals surface area contributed by atoms with Crippen molar-refractivity contribution in [2.24, 2.45) is 0 Å².